The topological polar surface area (TPSA) is 87.7 Å². The fraction of sp³-hybridized carbons (Fsp3) is 0.222. The molecule has 2 heterocycles. The fourth-order valence-corrected chi connectivity index (χ4v) is 3.11. The van der Waals surface area contributed by atoms with Crippen molar-refractivity contribution in [3.63, 3.8) is 0 Å². The highest BCUT2D eigenvalue weighted by atomic mass is 16.5. The van der Waals surface area contributed by atoms with E-state index in [1.54, 1.807) is 36.4 Å². The van der Waals surface area contributed by atoms with Crippen LogP contribution in [0.25, 0.3) is 0 Å². The lowest BCUT2D eigenvalue weighted by atomic mass is 10.0. The van der Waals surface area contributed by atoms with Gasteiger partial charge in [-0.2, -0.15) is 0 Å². The second-order valence-electron chi connectivity index (χ2n) is 5.92. The minimum Gasteiger partial charge on any atom is -0.493 e. The van der Waals surface area contributed by atoms with Crippen molar-refractivity contribution < 1.29 is 19.4 Å². The predicted octanol–water partition coefficient (Wildman–Crippen LogP) is 2.25. The third-order valence-corrected chi connectivity index (χ3v) is 4.31. The van der Waals surface area contributed by atoms with Crippen LogP contribution in [0.3, 0.4) is 0 Å². The van der Waals surface area contributed by atoms with Crippen molar-refractivity contribution in [2.45, 2.75) is 18.9 Å². The number of aliphatic hydroxyl groups is 1. The number of fused-ring (bicyclic) bond motifs is 2. The van der Waals surface area contributed by atoms with Crippen molar-refractivity contribution in [2.24, 2.45) is 0 Å². The summed E-state index contributed by atoms with van der Waals surface area (Å²) >= 11 is 0. The van der Waals surface area contributed by atoms with E-state index in [9.17, 15) is 14.7 Å². The van der Waals surface area contributed by atoms with Gasteiger partial charge in [0, 0.05) is 28.9 Å². The van der Waals surface area contributed by atoms with Crippen LogP contribution >= 0.6 is 0 Å². The van der Waals surface area contributed by atoms with E-state index < -0.39 is 6.10 Å². The molecule has 0 aliphatic carbocycles. The maximum absolute atomic E-state index is 12.6. The minimum atomic E-state index is -0.589. The summed E-state index contributed by atoms with van der Waals surface area (Å²) in [7, 11) is 0. The van der Waals surface area contributed by atoms with Gasteiger partial charge in [-0.05, 0) is 35.9 Å². The Morgan fingerprint density at radius 3 is 3.04 bits per heavy atom. The molecule has 0 aromatic heterocycles. The number of rotatable bonds is 2. The van der Waals surface area contributed by atoms with Gasteiger partial charge in [-0.15, -0.1) is 0 Å². The molecular weight excluding hydrogens is 308 g/mol. The van der Waals surface area contributed by atoms with Crippen LogP contribution in [0.2, 0.25) is 0 Å². The van der Waals surface area contributed by atoms with Gasteiger partial charge in [0.15, 0.2) is 0 Å². The highest BCUT2D eigenvalue weighted by Crippen LogP contribution is 2.34. The van der Waals surface area contributed by atoms with Crippen LogP contribution in [0.15, 0.2) is 36.4 Å². The van der Waals surface area contributed by atoms with Gasteiger partial charge in [-0.1, -0.05) is 6.07 Å². The van der Waals surface area contributed by atoms with Crippen LogP contribution in [0.1, 0.15) is 34.0 Å². The summed E-state index contributed by atoms with van der Waals surface area (Å²) in [6.45, 7) is 0.483. The average Bonchev–Trinajstić information content (AvgIpc) is 2.95. The Morgan fingerprint density at radius 1 is 1.29 bits per heavy atom. The van der Waals surface area contributed by atoms with Crippen LogP contribution in [0, 0.1) is 0 Å². The van der Waals surface area contributed by atoms with Crippen molar-refractivity contribution in [1.29, 1.82) is 0 Å². The van der Waals surface area contributed by atoms with Crippen LogP contribution in [0.5, 0.6) is 5.75 Å². The van der Waals surface area contributed by atoms with Gasteiger partial charge in [-0.25, -0.2) is 0 Å². The molecule has 0 fully saturated rings. The predicted molar refractivity (Wildman–Crippen MR) is 88.2 cm³/mol. The Hall–Kier alpha value is -2.86. The molecule has 6 heteroatoms. The second-order valence-corrected chi connectivity index (χ2v) is 5.92. The van der Waals surface area contributed by atoms with Gasteiger partial charge in [0.1, 0.15) is 5.75 Å². The van der Waals surface area contributed by atoms with Gasteiger partial charge in [0.25, 0.3) is 5.91 Å². The van der Waals surface area contributed by atoms with Crippen molar-refractivity contribution in [2.75, 3.05) is 17.2 Å². The first-order valence-corrected chi connectivity index (χ1v) is 7.80. The summed E-state index contributed by atoms with van der Waals surface area (Å²) in [6.07, 6.45) is 0.147. The zero-order chi connectivity index (χ0) is 16.7. The molecule has 0 unspecified atom stereocenters. The number of anilines is 2. The monoisotopic (exact) mass is 324 g/mol. The number of nitrogens with one attached hydrogen (secondary N) is 2. The summed E-state index contributed by atoms with van der Waals surface area (Å²) in [5.74, 6) is 0.246. The van der Waals surface area contributed by atoms with E-state index in [2.05, 4.69) is 10.6 Å². The summed E-state index contributed by atoms with van der Waals surface area (Å²) in [5, 5.41) is 15.6. The number of benzene rings is 2. The Kier molecular flexibility index (Phi) is 3.46. The van der Waals surface area contributed by atoms with E-state index in [4.69, 9.17) is 4.74 Å². The standard InChI is InChI=1S/C18H16N2O4/c21-15-6-7-24-16-5-4-10(8-13(15)16)19-18(23)11-2-1-3-14-12(11)9-17(22)20-14/h1-5,8,15,21H,6-7,9H2,(H,19,23)(H,20,22)/t15-/m1/s1. The van der Waals surface area contributed by atoms with Gasteiger partial charge in [-0.3, -0.25) is 9.59 Å². The largest absolute Gasteiger partial charge is 0.493 e. The third-order valence-electron chi connectivity index (χ3n) is 4.31. The molecule has 2 amide bonds. The molecule has 3 N–H and O–H groups in total. The summed E-state index contributed by atoms with van der Waals surface area (Å²) in [5.41, 5.74) is 3.12. The van der Waals surface area contributed by atoms with Crippen molar-refractivity contribution in [1.82, 2.24) is 0 Å². The van der Waals surface area contributed by atoms with E-state index in [0.717, 1.165) is 0 Å². The van der Waals surface area contributed by atoms with Crippen molar-refractivity contribution >= 4 is 23.2 Å². The molecule has 1 atom stereocenters. The Balaban J connectivity index is 1.61. The van der Waals surface area contributed by atoms with Crippen LogP contribution < -0.4 is 15.4 Å². The second kappa shape index (κ2) is 5.65. The van der Waals surface area contributed by atoms with Crippen LogP contribution in [-0.4, -0.2) is 23.5 Å². The highest BCUT2D eigenvalue weighted by molar-refractivity contribution is 6.10. The number of ether oxygens (including phenoxy) is 1. The fourth-order valence-electron chi connectivity index (χ4n) is 3.11. The molecule has 0 saturated heterocycles. The van der Waals surface area contributed by atoms with E-state index in [-0.39, 0.29) is 18.2 Å². The number of amides is 2. The number of hydrogen-bond acceptors (Lipinski definition) is 4. The Labute approximate surface area is 138 Å². The molecule has 4 rings (SSSR count). The van der Waals surface area contributed by atoms with Gasteiger partial charge >= 0.3 is 0 Å². The lowest BCUT2D eigenvalue weighted by Crippen LogP contribution is -2.16. The van der Waals surface area contributed by atoms with Gasteiger partial charge in [0.05, 0.1) is 19.1 Å². The SMILES string of the molecule is O=C1Cc2c(cccc2C(=O)Nc2ccc3c(c2)[C@H](O)CCO3)N1. The first-order valence-electron chi connectivity index (χ1n) is 7.80. The molecule has 6 nitrogen and oxygen atoms in total. The molecule has 122 valence electrons. The van der Waals surface area contributed by atoms with E-state index in [1.807, 2.05) is 0 Å². The molecule has 0 bridgehead atoms. The lowest BCUT2D eigenvalue weighted by Gasteiger charge is -2.22. The smallest absolute Gasteiger partial charge is 0.256 e. The molecular formula is C18H16N2O4. The molecule has 2 aromatic carbocycles. The maximum Gasteiger partial charge on any atom is 0.256 e. The van der Waals surface area contributed by atoms with Crippen LogP contribution in [0.4, 0.5) is 11.4 Å². The summed E-state index contributed by atoms with van der Waals surface area (Å²) in [4.78, 5) is 24.1. The minimum absolute atomic E-state index is 0.112. The maximum atomic E-state index is 12.6. The Morgan fingerprint density at radius 2 is 2.17 bits per heavy atom. The first kappa shape index (κ1) is 14.7. The zero-order valence-electron chi connectivity index (χ0n) is 12.8. The van der Waals surface area contributed by atoms with E-state index in [1.165, 1.54) is 0 Å². The normalized spacial score (nSPS) is 18.2. The molecule has 0 saturated carbocycles. The summed E-state index contributed by atoms with van der Waals surface area (Å²) < 4.78 is 5.49. The first-order chi connectivity index (χ1) is 11.6. The molecule has 2 aromatic rings. The quantitative estimate of drug-likeness (QED) is 0.790. The highest BCUT2D eigenvalue weighted by Gasteiger charge is 2.24. The lowest BCUT2D eigenvalue weighted by molar-refractivity contribution is -0.115. The molecule has 0 radical (unpaired) electrons. The van der Waals surface area contributed by atoms with E-state index >= 15 is 0 Å². The molecule has 2 aliphatic rings. The number of carbonyl (C=O) groups excluding carboxylic acids is 2. The van der Waals surface area contributed by atoms with E-state index in [0.29, 0.717) is 46.8 Å². The third kappa shape index (κ3) is 2.51. The molecule has 2 aliphatic heterocycles. The Bertz CT molecular complexity index is 847. The van der Waals surface area contributed by atoms with Crippen molar-refractivity contribution in [3.05, 3.63) is 53.1 Å². The number of aliphatic hydroxyl groups excluding tert-OH is 1. The molecule has 24 heavy (non-hydrogen) atoms. The summed E-state index contributed by atoms with van der Waals surface area (Å²) in [6, 6.07) is 10.4. The van der Waals surface area contributed by atoms with Gasteiger partial charge < -0.3 is 20.5 Å². The average molecular weight is 324 g/mol. The van der Waals surface area contributed by atoms with Crippen LogP contribution in [-0.2, 0) is 11.2 Å². The van der Waals surface area contributed by atoms with Crippen molar-refractivity contribution in [3.8, 4) is 5.75 Å². The van der Waals surface area contributed by atoms with Gasteiger partial charge in [0.2, 0.25) is 5.91 Å². The number of carbonyl (C=O) groups is 2. The zero-order valence-corrected chi connectivity index (χ0v) is 12.8. The molecule has 0 spiro atoms. The number of hydrogen-bond donors (Lipinski definition) is 3.